The van der Waals surface area contributed by atoms with E-state index in [2.05, 4.69) is 9.71 Å². The van der Waals surface area contributed by atoms with Crippen LogP contribution in [0, 0.1) is 0 Å². The van der Waals surface area contributed by atoms with Crippen molar-refractivity contribution in [2.75, 3.05) is 39.4 Å². The second kappa shape index (κ2) is 14.2. The fourth-order valence-corrected chi connectivity index (χ4v) is 6.49. The highest BCUT2D eigenvalue weighted by molar-refractivity contribution is 7.90. The Labute approximate surface area is 252 Å². The van der Waals surface area contributed by atoms with Crippen molar-refractivity contribution in [1.82, 2.24) is 9.71 Å². The Hall–Kier alpha value is -3.32. The maximum absolute atomic E-state index is 14.5. The number of benzene rings is 2. The van der Waals surface area contributed by atoms with Crippen LogP contribution in [0.5, 0.6) is 5.75 Å². The minimum Gasteiger partial charge on any atom is -0.496 e. The summed E-state index contributed by atoms with van der Waals surface area (Å²) < 4.78 is 45.2. The van der Waals surface area contributed by atoms with Gasteiger partial charge in [-0.3, -0.25) is 14.5 Å². The Kier molecular flexibility index (Phi) is 11.2. The predicted octanol–water partition coefficient (Wildman–Crippen LogP) is 4.80. The summed E-state index contributed by atoms with van der Waals surface area (Å²) in [5, 5.41) is 1.92. The Morgan fingerprint density at radius 3 is 2.24 bits per heavy atom. The van der Waals surface area contributed by atoms with Gasteiger partial charge in [-0.05, 0) is 48.1 Å². The highest BCUT2D eigenvalue weighted by atomic mass is 32.2. The predicted molar refractivity (Wildman–Crippen MR) is 163 cm³/mol. The summed E-state index contributed by atoms with van der Waals surface area (Å²) in [6.45, 7) is 6.46. The molecule has 0 aliphatic heterocycles. The summed E-state index contributed by atoms with van der Waals surface area (Å²) in [4.78, 5) is 34.4. The Balaban J connectivity index is 2.22. The lowest BCUT2D eigenvalue weighted by Crippen LogP contribution is -2.62. The van der Waals surface area contributed by atoms with Crippen molar-refractivity contribution in [2.45, 2.75) is 55.9 Å². The second-order valence-electron chi connectivity index (χ2n) is 10.7. The third-order valence-corrected chi connectivity index (χ3v) is 8.96. The van der Waals surface area contributed by atoms with Crippen LogP contribution in [-0.4, -0.2) is 65.3 Å². The molecule has 1 unspecified atom stereocenters. The molecule has 10 nitrogen and oxygen atoms in total. The van der Waals surface area contributed by atoms with Gasteiger partial charge < -0.3 is 14.2 Å². The van der Waals surface area contributed by atoms with Gasteiger partial charge >= 0.3 is 0 Å². The molecule has 2 aromatic carbocycles. The Morgan fingerprint density at radius 1 is 0.976 bits per heavy atom. The number of sulfonamides is 1. The molecule has 228 valence electrons. The minimum atomic E-state index is -4.27. The van der Waals surface area contributed by atoms with E-state index in [0.717, 1.165) is 16.9 Å². The number of methoxy groups -OCH3 is 3. The van der Waals surface area contributed by atoms with Crippen molar-refractivity contribution in [3.63, 3.8) is 0 Å². The quantitative estimate of drug-likeness (QED) is 0.256. The van der Waals surface area contributed by atoms with Gasteiger partial charge in [0.15, 0.2) is 5.13 Å². The maximum Gasteiger partial charge on any atom is 0.264 e. The van der Waals surface area contributed by atoms with Crippen LogP contribution in [0.1, 0.15) is 56.0 Å². The number of anilines is 1. The summed E-state index contributed by atoms with van der Waals surface area (Å²) in [5.74, 6) is -0.892. The van der Waals surface area contributed by atoms with E-state index >= 15 is 0 Å². The standard InChI is InChI=1S/C30H39N3O7S2/c1-29(2,3)24-14-13-22(21-25(24)40-6)26(34)33(28-31-17-20-41-28)30(16-19-39-5,15-10-18-38-4)27(35)32-42(36,37)23-11-8-7-9-12-23/h7-9,11-14,17,20-21H,10,15-16,18-19H2,1-6H3,(H,32,35). The zero-order valence-electron chi connectivity index (χ0n) is 24.9. The van der Waals surface area contributed by atoms with E-state index in [1.165, 1.54) is 44.6 Å². The molecule has 0 aliphatic rings. The van der Waals surface area contributed by atoms with Crippen LogP contribution in [0.4, 0.5) is 5.13 Å². The molecule has 0 radical (unpaired) electrons. The van der Waals surface area contributed by atoms with Crippen LogP contribution >= 0.6 is 11.3 Å². The second-order valence-corrected chi connectivity index (χ2v) is 13.3. The van der Waals surface area contributed by atoms with Gasteiger partial charge in [0, 0.05) is 51.0 Å². The normalized spacial score (nSPS) is 13.3. The van der Waals surface area contributed by atoms with E-state index < -0.39 is 27.4 Å². The molecule has 0 spiro atoms. The van der Waals surface area contributed by atoms with E-state index in [1.54, 1.807) is 35.7 Å². The van der Waals surface area contributed by atoms with Crippen LogP contribution in [0.3, 0.4) is 0 Å². The number of carbonyl (C=O) groups excluding carboxylic acids is 2. The molecule has 3 aromatic rings. The van der Waals surface area contributed by atoms with Crippen LogP contribution in [0.25, 0.3) is 0 Å². The molecule has 1 N–H and O–H groups in total. The fourth-order valence-electron chi connectivity index (χ4n) is 4.70. The molecule has 0 saturated heterocycles. The molecule has 2 amide bonds. The van der Waals surface area contributed by atoms with Crippen molar-refractivity contribution >= 4 is 38.3 Å². The molecular formula is C30H39N3O7S2. The van der Waals surface area contributed by atoms with E-state index in [0.29, 0.717) is 12.2 Å². The van der Waals surface area contributed by atoms with E-state index in [-0.39, 0.29) is 47.1 Å². The smallest absolute Gasteiger partial charge is 0.264 e. The Morgan fingerprint density at radius 2 is 1.67 bits per heavy atom. The number of rotatable bonds is 14. The van der Waals surface area contributed by atoms with Crippen LogP contribution in [-0.2, 0) is 29.7 Å². The number of thiazole rings is 1. The summed E-state index contributed by atoms with van der Waals surface area (Å²) in [7, 11) is 0.272. The van der Waals surface area contributed by atoms with Gasteiger partial charge in [0.25, 0.3) is 21.8 Å². The molecule has 1 aromatic heterocycles. The number of hydrogen-bond donors (Lipinski definition) is 1. The maximum atomic E-state index is 14.5. The van der Waals surface area contributed by atoms with Gasteiger partial charge in [-0.25, -0.2) is 18.1 Å². The zero-order valence-corrected chi connectivity index (χ0v) is 26.5. The lowest BCUT2D eigenvalue weighted by Gasteiger charge is -2.41. The third kappa shape index (κ3) is 7.54. The molecule has 1 heterocycles. The number of amides is 2. The van der Waals surface area contributed by atoms with Crippen molar-refractivity contribution < 1.29 is 32.2 Å². The molecular weight excluding hydrogens is 578 g/mol. The van der Waals surface area contributed by atoms with Crippen molar-refractivity contribution in [3.8, 4) is 5.75 Å². The van der Waals surface area contributed by atoms with E-state index in [1.807, 2.05) is 26.8 Å². The van der Waals surface area contributed by atoms with Crippen LogP contribution in [0.15, 0.2) is 65.0 Å². The third-order valence-electron chi connectivity index (χ3n) is 6.86. The lowest BCUT2D eigenvalue weighted by molar-refractivity contribution is -0.125. The van der Waals surface area contributed by atoms with Crippen LogP contribution in [0.2, 0.25) is 0 Å². The average molecular weight is 618 g/mol. The zero-order chi connectivity index (χ0) is 31.0. The molecule has 12 heteroatoms. The number of aromatic nitrogens is 1. The molecule has 42 heavy (non-hydrogen) atoms. The largest absolute Gasteiger partial charge is 0.496 e. The summed E-state index contributed by atoms with van der Waals surface area (Å²) in [6.07, 6.45) is 1.94. The molecule has 0 saturated carbocycles. The first-order chi connectivity index (χ1) is 19.9. The average Bonchev–Trinajstić information content (AvgIpc) is 3.49. The summed E-state index contributed by atoms with van der Waals surface area (Å²) in [5.41, 5.74) is -0.806. The molecule has 0 aliphatic carbocycles. The van der Waals surface area contributed by atoms with Gasteiger partial charge in [-0.2, -0.15) is 0 Å². The van der Waals surface area contributed by atoms with E-state index in [4.69, 9.17) is 14.2 Å². The molecule has 0 fully saturated rings. The first-order valence-corrected chi connectivity index (χ1v) is 15.8. The topological polar surface area (TPSA) is 124 Å². The van der Waals surface area contributed by atoms with Gasteiger partial charge in [0.1, 0.15) is 11.3 Å². The summed E-state index contributed by atoms with van der Waals surface area (Å²) >= 11 is 1.16. The molecule has 1 atom stereocenters. The highest BCUT2D eigenvalue weighted by Gasteiger charge is 2.49. The minimum absolute atomic E-state index is 0.00805. The van der Waals surface area contributed by atoms with Gasteiger partial charge in [-0.1, -0.05) is 45.0 Å². The van der Waals surface area contributed by atoms with Crippen molar-refractivity contribution in [1.29, 1.82) is 0 Å². The SMILES string of the molecule is COCCCC(CCOC)(C(=O)NS(=O)(=O)c1ccccc1)N(C(=O)c1ccc(C(C)(C)C)c(OC)c1)c1nccs1. The van der Waals surface area contributed by atoms with Gasteiger partial charge in [0.05, 0.1) is 12.0 Å². The highest BCUT2D eigenvalue weighted by Crippen LogP contribution is 2.37. The Bertz CT molecular complexity index is 1440. The number of nitrogens with one attached hydrogen (secondary N) is 1. The molecule has 3 rings (SSSR count). The number of carbonyl (C=O) groups is 2. The summed E-state index contributed by atoms with van der Waals surface area (Å²) in [6, 6.07) is 12.7. The van der Waals surface area contributed by atoms with Gasteiger partial charge in [-0.15, -0.1) is 11.3 Å². The van der Waals surface area contributed by atoms with Crippen molar-refractivity contribution in [2.24, 2.45) is 0 Å². The van der Waals surface area contributed by atoms with Gasteiger partial charge in [0.2, 0.25) is 0 Å². The first kappa shape index (κ1) is 33.2. The van der Waals surface area contributed by atoms with Crippen LogP contribution < -0.4 is 14.4 Å². The molecule has 0 bridgehead atoms. The first-order valence-electron chi connectivity index (χ1n) is 13.4. The fraction of sp³-hybridized carbons (Fsp3) is 0.433. The number of hydrogen-bond acceptors (Lipinski definition) is 9. The van der Waals surface area contributed by atoms with Crippen molar-refractivity contribution in [3.05, 3.63) is 71.2 Å². The number of ether oxygens (including phenoxy) is 3. The van der Waals surface area contributed by atoms with E-state index in [9.17, 15) is 18.0 Å². The number of nitrogens with zero attached hydrogens (tertiary/aromatic N) is 2. The lowest BCUT2D eigenvalue weighted by atomic mass is 9.84. The monoisotopic (exact) mass is 617 g/mol.